The highest BCUT2D eigenvalue weighted by Gasteiger charge is 2.14. The summed E-state index contributed by atoms with van der Waals surface area (Å²) in [5.41, 5.74) is 4.77. The summed E-state index contributed by atoms with van der Waals surface area (Å²) >= 11 is 3.36. The number of methoxy groups -OCH3 is 1. The van der Waals surface area contributed by atoms with E-state index in [9.17, 15) is 10.1 Å². The van der Waals surface area contributed by atoms with Crippen molar-refractivity contribution in [2.75, 3.05) is 13.7 Å². The van der Waals surface area contributed by atoms with Gasteiger partial charge in [-0.05, 0) is 30.7 Å². The SMILES string of the molecule is COCc1cc(C)nc(OCC(=O)N/N=C/c2cccc(Br)c2)c1C#N. The smallest absolute Gasteiger partial charge is 0.278 e. The van der Waals surface area contributed by atoms with Crippen LogP contribution >= 0.6 is 15.9 Å². The number of aryl methyl sites for hydroxylation is 1. The summed E-state index contributed by atoms with van der Waals surface area (Å²) < 4.78 is 11.4. The van der Waals surface area contributed by atoms with Crippen molar-refractivity contribution in [3.05, 3.63) is 57.2 Å². The lowest BCUT2D eigenvalue weighted by Gasteiger charge is -2.10. The Morgan fingerprint density at radius 3 is 2.96 bits per heavy atom. The molecule has 2 aromatic rings. The maximum absolute atomic E-state index is 11.9. The average Bonchev–Trinajstić information content (AvgIpc) is 2.60. The van der Waals surface area contributed by atoms with Gasteiger partial charge in [0.2, 0.25) is 5.88 Å². The summed E-state index contributed by atoms with van der Waals surface area (Å²) in [7, 11) is 1.54. The molecule has 134 valence electrons. The minimum Gasteiger partial charge on any atom is -0.467 e. The van der Waals surface area contributed by atoms with Gasteiger partial charge >= 0.3 is 0 Å². The summed E-state index contributed by atoms with van der Waals surface area (Å²) in [6, 6.07) is 11.2. The maximum Gasteiger partial charge on any atom is 0.278 e. The van der Waals surface area contributed by atoms with Crippen molar-refractivity contribution in [3.63, 3.8) is 0 Å². The van der Waals surface area contributed by atoms with Crippen molar-refractivity contribution in [2.45, 2.75) is 13.5 Å². The third-order valence-corrected chi connectivity index (χ3v) is 3.69. The van der Waals surface area contributed by atoms with E-state index in [0.29, 0.717) is 11.3 Å². The van der Waals surface area contributed by atoms with Crippen molar-refractivity contribution >= 4 is 28.1 Å². The van der Waals surface area contributed by atoms with Gasteiger partial charge in [-0.2, -0.15) is 10.4 Å². The first-order valence-electron chi connectivity index (χ1n) is 7.63. The molecule has 1 heterocycles. The van der Waals surface area contributed by atoms with Gasteiger partial charge in [0.15, 0.2) is 6.61 Å². The number of benzene rings is 1. The molecule has 2 rings (SSSR count). The Hall–Kier alpha value is -2.76. The number of pyridine rings is 1. The minimum atomic E-state index is -0.461. The van der Waals surface area contributed by atoms with E-state index in [2.05, 4.69) is 31.4 Å². The van der Waals surface area contributed by atoms with E-state index < -0.39 is 5.91 Å². The van der Waals surface area contributed by atoms with E-state index in [4.69, 9.17) is 9.47 Å². The molecule has 1 aromatic carbocycles. The molecule has 0 saturated heterocycles. The molecule has 0 aliphatic heterocycles. The Balaban J connectivity index is 1.98. The highest BCUT2D eigenvalue weighted by Crippen LogP contribution is 2.21. The van der Waals surface area contributed by atoms with Gasteiger partial charge in [-0.3, -0.25) is 4.79 Å². The molecule has 0 saturated carbocycles. The van der Waals surface area contributed by atoms with Crippen molar-refractivity contribution in [2.24, 2.45) is 5.10 Å². The van der Waals surface area contributed by atoms with Crippen LogP contribution in [0.2, 0.25) is 0 Å². The van der Waals surface area contributed by atoms with Crippen LogP contribution in [0.25, 0.3) is 0 Å². The number of ether oxygens (including phenoxy) is 2. The number of nitrogens with one attached hydrogen (secondary N) is 1. The van der Waals surface area contributed by atoms with Crippen molar-refractivity contribution < 1.29 is 14.3 Å². The molecular weight excluding hydrogens is 400 g/mol. The molecule has 1 N–H and O–H groups in total. The van der Waals surface area contributed by atoms with Crippen molar-refractivity contribution in [1.29, 1.82) is 5.26 Å². The lowest BCUT2D eigenvalue weighted by molar-refractivity contribution is -0.123. The number of amides is 1. The number of hydrogen-bond acceptors (Lipinski definition) is 6. The monoisotopic (exact) mass is 416 g/mol. The lowest BCUT2D eigenvalue weighted by Crippen LogP contribution is -2.25. The molecule has 1 amide bonds. The molecular formula is C18H17BrN4O3. The molecule has 0 spiro atoms. The average molecular weight is 417 g/mol. The number of halogens is 1. The van der Waals surface area contributed by atoms with E-state index in [1.54, 1.807) is 13.0 Å². The van der Waals surface area contributed by atoms with Crippen LogP contribution in [0.5, 0.6) is 5.88 Å². The van der Waals surface area contributed by atoms with Gasteiger partial charge < -0.3 is 9.47 Å². The number of carbonyl (C=O) groups excluding carboxylic acids is 1. The fourth-order valence-corrected chi connectivity index (χ4v) is 2.55. The first kappa shape index (κ1) is 19.6. The normalized spacial score (nSPS) is 10.5. The predicted octanol–water partition coefficient (Wildman–Crippen LogP) is 2.70. The van der Waals surface area contributed by atoms with Gasteiger partial charge in [-0.25, -0.2) is 10.4 Å². The van der Waals surface area contributed by atoms with Crippen LogP contribution in [-0.2, 0) is 16.1 Å². The molecule has 0 fully saturated rings. The molecule has 0 aliphatic rings. The molecule has 0 aliphatic carbocycles. The van der Waals surface area contributed by atoms with Crippen LogP contribution in [-0.4, -0.2) is 30.8 Å². The molecule has 7 nitrogen and oxygen atoms in total. The van der Waals surface area contributed by atoms with E-state index in [1.807, 2.05) is 30.3 Å². The quantitative estimate of drug-likeness (QED) is 0.552. The summed E-state index contributed by atoms with van der Waals surface area (Å²) in [6.07, 6.45) is 1.52. The van der Waals surface area contributed by atoms with Gasteiger partial charge in [0, 0.05) is 22.8 Å². The summed E-state index contributed by atoms with van der Waals surface area (Å²) in [5, 5.41) is 13.2. The number of rotatable bonds is 7. The van der Waals surface area contributed by atoms with Crippen LogP contribution < -0.4 is 10.2 Å². The molecule has 0 unspecified atom stereocenters. The van der Waals surface area contributed by atoms with Crippen LogP contribution in [0.15, 0.2) is 39.9 Å². The predicted molar refractivity (Wildman–Crippen MR) is 99.8 cm³/mol. The first-order valence-corrected chi connectivity index (χ1v) is 8.42. The summed E-state index contributed by atoms with van der Waals surface area (Å²) in [6.45, 7) is 1.72. The molecule has 0 bridgehead atoms. The highest BCUT2D eigenvalue weighted by atomic mass is 79.9. The molecule has 1 aromatic heterocycles. The number of hydrazone groups is 1. The van der Waals surface area contributed by atoms with E-state index in [1.165, 1.54) is 13.3 Å². The van der Waals surface area contributed by atoms with Gasteiger partial charge in [-0.15, -0.1) is 0 Å². The second-order valence-electron chi connectivity index (χ2n) is 5.28. The van der Waals surface area contributed by atoms with E-state index >= 15 is 0 Å². The fourth-order valence-electron chi connectivity index (χ4n) is 2.14. The van der Waals surface area contributed by atoms with Crippen LogP contribution in [0.3, 0.4) is 0 Å². The standard InChI is InChI=1S/C18H17BrN4O3/c1-12-6-14(10-25-2)16(8-20)18(22-12)26-11-17(24)23-21-9-13-4-3-5-15(19)7-13/h3-7,9H,10-11H2,1-2H3,(H,23,24)/b21-9+. The fraction of sp³-hybridized carbons (Fsp3) is 0.222. The van der Waals surface area contributed by atoms with Gasteiger partial charge in [0.05, 0.1) is 12.8 Å². The van der Waals surface area contributed by atoms with E-state index in [0.717, 1.165) is 10.0 Å². The Bertz CT molecular complexity index is 862. The topological polar surface area (TPSA) is 96.6 Å². The second kappa shape index (κ2) is 9.65. The number of hydrogen-bond donors (Lipinski definition) is 1. The Kier molecular flexibility index (Phi) is 7.26. The van der Waals surface area contributed by atoms with Crippen molar-refractivity contribution in [1.82, 2.24) is 10.4 Å². The number of carbonyl (C=O) groups is 1. The summed E-state index contributed by atoms with van der Waals surface area (Å²) in [4.78, 5) is 16.0. The third kappa shape index (κ3) is 5.65. The molecule has 0 radical (unpaired) electrons. The van der Waals surface area contributed by atoms with E-state index in [-0.39, 0.29) is 24.7 Å². The lowest BCUT2D eigenvalue weighted by atomic mass is 10.1. The third-order valence-electron chi connectivity index (χ3n) is 3.20. The molecule has 26 heavy (non-hydrogen) atoms. The molecule has 0 atom stereocenters. The zero-order valence-electron chi connectivity index (χ0n) is 14.3. The number of aromatic nitrogens is 1. The largest absolute Gasteiger partial charge is 0.467 e. The number of nitrogens with zero attached hydrogens (tertiary/aromatic N) is 3. The minimum absolute atomic E-state index is 0.102. The zero-order chi connectivity index (χ0) is 18.9. The zero-order valence-corrected chi connectivity index (χ0v) is 15.9. The highest BCUT2D eigenvalue weighted by molar-refractivity contribution is 9.10. The molecule has 8 heteroatoms. The van der Waals surface area contributed by atoms with Gasteiger partial charge in [0.1, 0.15) is 11.6 Å². The van der Waals surface area contributed by atoms with Crippen LogP contribution in [0, 0.1) is 18.3 Å². The van der Waals surface area contributed by atoms with Crippen LogP contribution in [0.4, 0.5) is 0 Å². The Labute approximate surface area is 159 Å². The van der Waals surface area contributed by atoms with Crippen molar-refractivity contribution in [3.8, 4) is 11.9 Å². The van der Waals surface area contributed by atoms with Gasteiger partial charge in [-0.1, -0.05) is 28.1 Å². The van der Waals surface area contributed by atoms with Crippen LogP contribution in [0.1, 0.15) is 22.4 Å². The summed E-state index contributed by atoms with van der Waals surface area (Å²) in [5.74, 6) is -0.359. The Morgan fingerprint density at radius 1 is 1.46 bits per heavy atom. The first-order chi connectivity index (χ1) is 12.5. The number of nitriles is 1. The second-order valence-corrected chi connectivity index (χ2v) is 6.20. The Morgan fingerprint density at radius 2 is 2.27 bits per heavy atom. The maximum atomic E-state index is 11.9. The van der Waals surface area contributed by atoms with Gasteiger partial charge in [0.25, 0.3) is 5.91 Å².